The summed E-state index contributed by atoms with van der Waals surface area (Å²) in [5.41, 5.74) is 0.267. The van der Waals surface area contributed by atoms with Crippen LogP contribution in [0.4, 0.5) is 5.69 Å². The summed E-state index contributed by atoms with van der Waals surface area (Å²) in [6.07, 6.45) is 0. The van der Waals surface area contributed by atoms with Crippen LogP contribution in [0.1, 0.15) is 19.4 Å². The predicted octanol–water partition coefficient (Wildman–Crippen LogP) is 2.55. The van der Waals surface area contributed by atoms with E-state index in [1.165, 1.54) is 13.0 Å². The number of nitro groups is 1. The number of ether oxygens (including phenoxy) is 1. The molecule has 0 heterocycles. The molecule has 1 atom stereocenters. The average Bonchev–Trinajstić information content (AvgIpc) is 2.42. The molecule has 0 aromatic heterocycles. The van der Waals surface area contributed by atoms with Crippen molar-refractivity contribution in [3.05, 3.63) is 39.9 Å². The standard InChI is InChI=1S/C13H15NO5S/c1-9(8-20-10(2)15)13(16)19-7-11-5-3-4-6-12(11)14(17)18/h3-6,9H,7-8H2,1-2H3. The van der Waals surface area contributed by atoms with Crippen LogP contribution in [0.25, 0.3) is 0 Å². The van der Waals surface area contributed by atoms with Crippen LogP contribution >= 0.6 is 11.8 Å². The van der Waals surface area contributed by atoms with E-state index in [0.717, 1.165) is 11.8 Å². The van der Waals surface area contributed by atoms with Crippen LogP contribution in [-0.4, -0.2) is 21.8 Å². The van der Waals surface area contributed by atoms with Gasteiger partial charge in [0.2, 0.25) is 0 Å². The first-order valence-corrected chi connectivity index (χ1v) is 6.92. The first-order chi connectivity index (χ1) is 9.41. The highest BCUT2D eigenvalue weighted by atomic mass is 32.2. The normalized spacial score (nSPS) is 11.7. The van der Waals surface area contributed by atoms with Gasteiger partial charge in [0.15, 0.2) is 5.12 Å². The van der Waals surface area contributed by atoms with Crippen LogP contribution in [0.15, 0.2) is 24.3 Å². The minimum Gasteiger partial charge on any atom is -0.460 e. The molecule has 1 rings (SSSR count). The fourth-order valence-electron chi connectivity index (χ4n) is 1.41. The fourth-order valence-corrected chi connectivity index (χ4v) is 2.03. The molecule has 0 saturated carbocycles. The van der Waals surface area contributed by atoms with Gasteiger partial charge in [0.25, 0.3) is 5.69 Å². The molecular formula is C13H15NO5S. The SMILES string of the molecule is CC(=O)SCC(C)C(=O)OCc1ccccc1[N+](=O)[O-]. The summed E-state index contributed by atoms with van der Waals surface area (Å²) < 4.78 is 5.04. The zero-order chi connectivity index (χ0) is 15.1. The van der Waals surface area contributed by atoms with E-state index in [0.29, 0.717) is 11.3 Å². The fraction of sp³-hybridized carbons (Fsp3) is 0.385. The van der Waals surface area contributed by atoms with Crippen molar-refractivity contribution in [1.82, 2.24) is 0 Å². The Morgan fingerprint density at radius 3 is 2.65 bits per heavy atom. The number of esters is 1. The molecule has 0 amide bonds. The summed E-state index contributed by atoms with van der Waals surface area (Å²) in [5.74, 6) is -0.575. The van der Waals surface area contributed by atoms with Crippen molar-refractivity contribution in [3.8, 4) is 0 Å². The molecule has 0 radical (unpaired) electrons. The monoisotopic (exact) mass is 297 g/mol. The third kappa shape index (κ3) is 5.00. The van der Waals surface area contributed by atoms with Gasteiger partial charge in [0.05, 0.1) is 16.4 Å². The highest BCUT2D eigenvalue weighted by Crippen LogP contribution is 2.19. The van der Waals surface area contributed by atoms with Crippen molar-refractivity contribution < 1.29 is 19.2 Å². The van der Waals surface area contributed by atoms with Gasteiger partial charge < -0.3 is 4.74 Å². The number of rotatable bonds is 6. The van der Waals surface area contributed by atoms with Crippen LogP contribution in [0, 0.1) is 16.0 Å². The summed E-state index contributed by atoms with van der Waals surface area (Å²) in [4.78, 5) is 32.8. The van der Waals surface area contributed by atoms with Crippen molar-refractivity contribution in [3.63, 3.8) is 0 Å². The molecule has 108 valence electrons. The van der Waals surface area contributed by atoms with Gasteiger partial charge in [-0.25, -0.2) is 0 Å². The Labute approximate surface area is 120 Å². The molecule has 6 nitrogen and oxygen atoms in total. The van der Waals surface area contributed by atoms with Crippen molar-refractivity contribution >= 4 is 28.5 Å². The number of para-hydroxylation sites is 1. The summed E-state index contributed by atoms with van der Waals surface area (Å²) in [5, 5.41) is 10.7. The van der Waals surface area contributed by atoms with Crippen molar-refractivity contribution in [1.29, 1.82) is 0 Å². The molecule has 0 spiro atoms. The first-order valence-electron chi connectivity index (χ1n) is 5.94. The smallest absolute Gasteiger partial charge is 0.309 e. The summed E-state index contributed by atoms with van der Waals surface area (Å²) >= 11 is 1.05. The molecule has 0 N–H and O–H groups in total. The van der Waals surface area contributed by atoms with Crippen molar-refractivity contribution in [2.24, 2.45) is 5.92 Å². The number of nitro benzene ring substituents is 1. The van der Waals surface area contributed by atoms with Gasteiger partial charge in [-0.3, -0.25) is 19.7 Å². The summed E-state index contributed by atoms with van der Waals surface area (Å²) in [6.45, 7) is 2.93. The zero-order valence-corrected chi connectivity index (χ0v) is 12.0. The highest BCUT2D eigenvalue weighted by molar-refractivity contribution is 8.13. The molecule has 0 aliphatic heterocycles. The lowest BCUT2D eigenvalue weighted by molar-refractivity contribution is -0.385. The van der Waals surface area contributed by atoms with Crippen molar-refractivity contribution in [2.45, 2.75) is 20.5 Å². The van der Waals surface area contributed by atoms with Crippen LogP contribution in [0.3, 0.4) is 0 Å². The van der Waals surface area contributed by atoms with Gasteiger partial charge >= 0.3 is 5.97 Å². The van der Waals surface area contributed by atoms with E-state index in [9.17, 15) is 19.7 Å². The van der Waals surface area contributed by atoms with Gasteiger partial charge in [0.1, 0.15) is 6.61 Å². The van der Waals surface area contributed by atoms with Gasteiger partial charge in [-0.1, -0.05) is 30.8 Å². The molecule has 1 aromatic carbocycles. The molecule has 20 heavy (non-hydrogen) atoms. The molecule has 0 saturated heterocycles. The number of nitrogens with zero attached hydrogens (tertiary/aromatic N) is 1. The second-order valence-corrected chi connectivity index (χ2v) is 5.39. The molecule has 1 aromatic rings. The van der Waals surface area contributed by atoms with Gasteiger partial charge in [0, 0.05) is 18.7 Å². The average molecular weight is 297 g/mol. The molecular weight excluding hydrogens is 282 g/mol. The Hall–Kier alpha value is -1.89. The summed E-state index contributed by atoms with van der Waals surface area (Å²) in [6, 6.07) is 6.10. The van der Waals surface area contributed by atoms with Gasteiger partial charge in [-0.15, -0.1) is 0 Å². The third-order valence-corrected chi connectivity index (χ3v) is 3.57. The minimum absolute atomic E-state index is 0.0663. The van der Waals surface area contributed by atoms with E-state index in [2.05, 4.69) is 0 Å². The maximum Gasteiger partial charge on any atom is 0.309 e. The van der Waals surface area contributed by atoms with E-state index in [1.807, 2.05) is 0 Å². The molecule has 1 unspecified atom stereocenters. The molecule has 7 heteroatoms. The van der Waals surface area contributed by atoms with Gasteiger partial charge in [-0.2, -0.15) is 0 Å². The zero-order valence-electron chi connectivity index (χ0n) is 11.2. The maximum absolute atomic E-state index is 11.7. The lowest BCUT2D eigenvalue weighted by atomic mass is 10.2. The molecule has 0 aliphatic carbocycles. The number of benzene rings is 1. The number of carbonyl (C=O) groups is 2. The van der Waals surface area contributed by atoms with E-state index in [1.54, 1.807) is 25.1 Å². The Balaban J connectivity index is 2.57. The van der Waals surface area contributed by atoms with E-state index in [4.69, 9.17) is 4.74 Å². The minimum atomic E-state index is -0.516. The summed E-state index contributed by atoms with van der Waals surface area (Å²) in [7, 11) is 0. The predicted molar refractivity (Wildman–Crippen MR) is 75.2 cm³/mol. The van der Waals surface area contributed by atoms with Gasteiger partial charge in [-0.05, 0) is 6.07 Å². The van der Waals surface area contributed by atoms with Crippen molar-refractivity contribution in [2.75, 3.05) is 5.75 Å². The van der Waals surface area contributed by atoms with Crippen LogP contribution in [0.2, 0.25) is 0 Å². The van der Waals surface area contributed by atoms with E-state index >= 15 is 0 Å². The quantitative estimate of drug-likeness (QED) is 0.455. The maximum atomic E-state index is 11.7. The van der Waals surface area contributed by atoms with E-state index < -0.39 is 16.8 Å². The number of carbonyl (C=O) groups excluding carboxylic acids is 2. The molecule has 0 aliphatic rings. The molecule has 0 fully saturated rings. The molecule has 0 bridgehead atoms. The Kier molecular flexibility index (Phi) is 6.17. The second kappa shape index (κ2) is 7.64. The highest BCUT2D eigenvalue weighted by Gasteiger charge is 2.18. The second-order valence-electron chi connectivity index (χ2n) is 4.20. The van der Waals surface area contributed by atoms with Crippen LogP contribution < -0.4 is 0 Å². The Bertz CT molecular complexity index is 517. The Morgan fingerprint density at radius 2 is 2.05 bits per heavy atom. The number of hydrogen-bond donors (Lipinski definition) is 0. The lowest BCUT2D eigenvalue weighted by Crippen LogP contribution is -2.17. The third-order valence-electron chi connectivity index (χ3n) is 2.50. The lowest BCUT2D eigenvalue weighted by Gasteiger charge is -2.10. The number of thioether (sulfide) groups is 1. The van der Waals surface area contributed by atoms with E-state index in [-0.39, 0.29) is 17.4 Å². The topological polar surface area (TPSA) is 86.5 Å². The first kappa shape index (κ1) is 16.2. The number of hydrogen-bond acceptors (Lipinski definition) is 6. The van der Waals surface area contributed by atoms with Crippen LogP contribution in [0.5, 0.6) is 0 Å². The van der Waals surface area contributed by atoms with Crippen LogP contribution in [-0.2, 0) is 20.9 Å². The Morgan fingerprint density at radius 1 is 1.40 bits per heavy atom. The largest absolute Gasteiger partial charge is 0.460 e.